The van der Waals surface area contributed by atoms with Crippen LogP contribution in [-0.4, -0.2) is 91.5 Å². The number of hydrogen-bond acceptors (Lipinski definition) is 9. The Hall–Kier alpha value is -5.08. The van der Waals surface area contributed by atoms with Crippen LogP contribution >= 0.6 is 15.9 Å². The van der Waals surface area contributed by atoms with Gasteiger partial charge >= 0.3 is 0 Å². The maximum Gasteiger partial charge on any atom is 0.227 e. The number of amidine groups is 1. The van der Waals surface area contributed by atoms with Crippen LogP contribution in [0, 0.1) is 11.6 Å². The summed E-state index contributed by atoms with van der Waals surface area (Å²) in [6, 6.07) is 16.0. The maximum atomic E-state index is 15.3. The third kappa shape index (κ3) is 7.43. The molecule has 59 heavy (non-hydrogen) atoms. The molecule has 8 rings (SSSR count). The molecule has 3 fully saturated rings. The summed E-state index contributed by atoms with van der Waals surface area (Å²) in [6.07, 6.45) is 7.88. The van der Waals surface area contributed by atoms with Gasteiger partial charge < -0.3 is 19.9 Å². The quantitative estimate of drug-likeness (QED) is 0.145. The van der Waals surface area contributed by atoms with Crippen molar-refractivity contribution in [3.8, 4) is 0 Å². The first-order valence-electron chi connectivity index (χ1n) is 20.3. The molecule has 0 radical (unpaired) electrons. The van der Waals surface area contributed by atoms with E-state index in [1.54, 1.807) is 0 Å². The largest absolute Gasteiger partial charge is 0.366 e. The van der Waals surface area contributed by atoms with Gasteiger partial charge in [-0.25, -0.2) is 18.7 Å². The summed E-state index contributed by atoms with van der Waals surface area (Å²) in [6.45, 7) is 8.27. The highest BCUT2D eigenvalue weighted by Gasteiger charge is 2.46. The summed E-state index contributed by atoms with van der Waals surface area (Å²) >= 11 is 3.58. The van der Waals surface area contributed by atoms with Gasteiger partial charge in [-0.15, -0.1) is 0 Å². The molecule has 1 aromatic heterocycles. The number of amides is 1. The van der Waals surface area contributed by atoms with Crippen molar-refractivity contribution in [2.45, 2.75) is 81.8 Å². The van der Waals surface area contributed by atoms with Crippen LogP contribution in [0.4, 0.5) is 31.8 Å². The van der Waals surface area contributed by atoms with Crippen LogP contribution < -0.4 is 20.0 Å². The van der Waals surface area contributed by atoms with Gasteiger partial charge in [-0.3, -0.25) is 24.4 Å². The van der Waals surface area contributed by atoms with E-state index >= 15 is 8.78 Å². The number of benzene rings is 3. The average Bonchev–Trinajstić information content (AvgIpc) is 3.90. The SMILES string of the molecule is CN=C1N(c2cccc(Br)c2C=O)c2cc(N3CC4CC3CN4Cc3cnc(N4CCC(c5cc(F)c(C(CCC=O)C(=O)NC)c(F)c5)CC4)nc3)ccc2C1(C)C. The molecule has 0 aliphatic carbocycles. The van der Waals surface area contributed by atoms with E-state index in [1.807, 2.05) is 37.6 Å². The lowest BCUT2D eigenvalue weighted by Crippen LogP contribution is -2.46. The minimum Gasteiger partial charge on any atom is -0.366 e. The number of aldehydes is 2. The molecule has 1 amide bonds. The lowest BCUT2D eigenvalue weighted by molar-refractivity contribution is -0.122. The molecule has 3 atom stereocenters. The normalized spacial score (nSPS) is 21.3. The molecule has 14 heteroatoms. The highest BCUT2D eigenvalue weighted by atomic mass is 79.9. The predicted octanol–water partition coefficient (Wildman–Crippen LogP) is 7.44. The molecule has 4 aliphatic heterocycles. The van der Waals surface area contributed by atoms with E-state index in [4.69, 9.17) is 15.0 Å². The van der Waals surface area contributed by atoms with E-state index in [0.29, 0.717) is 61.4 Å². The number of carbonyl (C=O) groups is 3. The minimum atomic E-state index is -1.07. The molecule has 3 unspecified atom stereocenters. The van der Waals surface area contributed by atoms with Gasteiger partial charge in [-0.2, -0.15) is 0 Å². The number of piperidine rings is 1. The van der Waals surface area contributed by atoms with Gasteiger partial charge in [0.15, 0.2) is 6.29 Å². The third-order valence-corrected chi connectivity index (χ3v) is 13.6. The van der Waals surface area contributed by atoms with Gasteiger partial charge in [0.05, 0.1) is 22.9 Å². The van der Waals surface area contributed by atoms with Crippen LogP contribution in [0.5, 0.6) is 0 Å². The molecule has 4 aliphatic rings. The smallest absolute Gasteiger partial charge is 0.227 e. The van der Waals surface area contributed by atoms with E-state index in [-0.39, 0.29) is 29.7 Å². The van der Waals surface area contributed by atoms with Gasteiger partial charge in [0, 0.05) is 104 Å². The first kappa shape index (κ1) is 40.7. The first-order valence-corrected chi connectivity index (χ1v) is 21.1. The summed E-state index contributed by atoms with van der Waals surface area (Å²) in [5.74, 6) is -1.61. The van der Waals surface area contributed by atoms with Crippen LogP contribution in [0.25, 0.3) is 0 Å². The van der Waals surface area contributed by atoms with Crippen molar-refractivity contribution in [1.82, 2.24) is 20.2 Å². The van der Waals surface area contributed by atoms with Crippen molar-refractivity contribution in [2.24, 2.45) is 4.99 Å². The molecule has 1 N–H and O–H groups in total. The Labute approximate surface area is 352 Å². The lowest BCUT2D eigenvalue weighted by Gasteiger charge is -2.36. The van der Waals surface area contributed by atoms with Crippen molar-refractivity contribution in [1.29, 1.82) is 0 Å². The summed E-state index contributed by atoms with van der Waals surface area (Å²) in [5, 5.41) is 2.46. The Kier molecular flexibility index (Phi) is 11.4. The summed E-state index contributed by atoms with van der Waals surface area (Å²) in [4.78, 5) is 59.1. The number of piperazine rings is 1. The molecule has 11 nitrogen and oxygen atoms in total. The Morgan fingerprint density at radius 2 is 1.75 bits per heavy atom. The molecule has 3 saturated heterocycles. The van der Waals surface area contributed by atoms with E-state index < -0.39 is 23.5 Å². The topological polar surface area (TPSA) is 114 Å². The Balaban J connectivity index is 0.893. The number of fused-ring (bicyclic) bond motifs is 3. The average molecular weight is 868 g/mol. The monoisotopic (exact) mass is 866 g/mol. The summed E-state index contributed by atoms with van der Waals surface area (Å²) < 4.78 is 31.4. The second-order valence-corrected chi connectivity index (χ2v) is 17.4. The maximum absolute atomic E-state index is 15.3. The molecule has 2 bridgehead atoms. The fourth-order valence-corrected chi connectivity index (χ4v) is 10.3. The number of rotatable bonds is 12. The van der Waals surface area contributed by atoms with E-state index in [1.165, 1.54) is 30.4 Å². The van der Waals surface area contributed by atoms with Gasteiger partial charge in [0.2, 0.25) is 11.9 Å². The standard InChI is InChI=1S/C45H49BrF2N8O3/c1-45(2)35-11-10-30(20-40(35)56(43(45)50-4)39-9-5-8-36(46)34(39)26-58)55-25-31-19-32(55)24-54(31)23-27-21-51-44(52-22-27)53-14-12-28(13-15-53)29-17-37(47)41(38(48)18-29)33(7-6-16-57)42(59)49-3/h5,8-11,16-18,20-22,26,28,31-33H,6-7,12-15,19,23-25H2,1-4H3,(H,49,59). The highest BCUT2D eigenvalue weighted by molar-refractivity contribution is 9.10. The molecule has 3 aromatic carbocycles. The number of carbonyl (C=O) groups excluding carboxylic acids is 3. The van der Waals surface area contributed by atoms with Crippen molar-refractivity contribution in [3.05, 3.63) is 105 Å². The highest BCUT2D eigenvalue weighted by Crippen LogP contribution is 2.49. The summed E-state index contributed by atoms with van der Waals surface area (Å²) in [5.41, 5.74) is 5.80. The zero-order chi connectivity index (χ0) is 41.6. The third-order valence-electron chi connectivity index (χ3n) is 12.9. The molecular formula is C45H49BrF2N8O3. The van der Waals surface area contributed by atoms with Gasteiger partial charge in [0.1, 0.15) is 23.8 Å². The van der Waals surface area contributed by atoms with Crippen LogP contribution in [0.1, 0.15) is 90.4 Å². The number of aromatic nitrogens is 2. The number of nitrogens with one attached hydrogen (secondary N) is 1. The van der Waals surface area contributed by atoms with Crippen LogP contribution in [0.15, 0.2) is 70.4 Å². The zero-order valence-electron chi connectivity index (χ0n) is 33.8. The number of nitrogens with zero attached hydrogens (tertiary/aromatic N) is 7. The van der Waals surface area contributed by atoms with Crippen LogP contribution in [0.2, 0.25) is 0 Å². The molecule has 4 aromatic rings. The van der Waals surface area contributed by atoms with Crippen LogP contribution in [-0.2, 0) is 21.5 Å². The van der Waals surface area contributed by atoms with Crippen molar-refractivity contribution >= 4 is 63.3 Å². The molecule has 0 spiro atoms. The van der Waals surface area contributed by atoms with Crippen molar-refractivity contribution in [3.63, 3.8) is 0 Å². The molecule has 308 valence electrons. The van der Waals surface area contributed by atoms with Crippen molar-refractivity contribution < 1.29 is 23.2 Å². The number of aliphatic imine (C=N–C) groups is 1. The number of likely N-dealkylation sites (tertiary alicyclic amines) is 1. The summed E-state index contributed by atoms with van der Waals surface area (Å²) in [7, 11) is 3.23. The van der Waals surface area contributed by atoms with Gasteiger partial charge in [-0.1, -0.05) is 12.1 Å². The van der Waals surface area contributed by atoms with Crippen LogP contribution in [0.3, 0.4) is 0 Å². The molecule has 0 saturated carbocycles. The lowest BCUT2D eigenvalue weighted by atomic mass is 9.85. The van der Waals surface area contributed by atoms with E-state index in [2.05, 4.69) is 72.9 Å². The molecule has 5 heterocycles. The zero-order valence-corrected chi connectivity index (χ0v) is 35.4. The van der Waals surface area contributed by atoms with E-state index in [0.717, 1.165) is 59.6 Å². The fourth-order valence-electron chi connectivity index (χ4n) is 9.87. The minimum absolute atomic E-state index is 0.0326. The Morgan fingerprint density at radius 3 is 2.37 bits per heavy atom. The second-order valence-electron chi connectivity index (χ2n) is 16.6. The number of likely N-dealkylation sites (N-methyl/N-ethyl adjacent to an activating group) is 1. The number of anilines is 4. The first-order chi connectivity index (χ1) is 28.5. The Morgan fingerprint density at radius 1 is 1.02 bits per heavy atom. The fraction of sp³-hybridized carbons (Fsp3) is 0.422. The second kappa shape index (κ2) is 16.5. The van der Waals surface area contributed by atoms with Gasteiger partial charge in [-0.05, 0) is 109 Å². The molecular weight excluding hydrogens is 818 g/mol. The van der Waals surface area contributed by atoms with E-state index in [9.17, 15) is 14.4 Å². The van der Waals surface area contributed by atoms with Gasteiger partial charge in [0.25, 0.3) is 0 Å². The number of halogens is 3. The predicted molar refractivity (Wildman–Crippen MR) is 229 cm³/mol. The van der Waals surface area contributed by atoms with Crippen molar-refractivity contribution in [2.75, 3.05) is 55.0 Å². The number of hydrogen-bond donors (Lipinski definition) is 1. The Bertz CT molecular complexity index is 2270.